The van der Waals surface area contributed by atoms with Crippen molar-refractivity contribution in [2.75, 3.05) is 40.5 Å². The molecule has 0 aliphatic carbocycles. The first kappa shape index (κ1) is 15.6. The molecule has 2 heterocycles. The monoisotopic (exact) mass is 306 g/mol. The third-order valence-electron chi connectivity index (χ3n) is 4.72. The molecule has 0 spiro atoms. The van der Waals surface area contributed by atoms with Gasteiger partial charge < -0.3 is 19.9 Å². The van der Waals surface area contributed by atoms with E-state index in [1.807, 2.05) is 6.07 Å². The third-order valence-corrected chi connectivity index (χ3v) is 4.72. The molecule has 22 heavy (non-hydrogen) atoms. The van der Waals surface area contributed by atoms with Crippen LogP contribution in [0.15, 0.2) is 18.2 Å². The van der Waals surface area contributed by atoms with Crippen molar-refractivity contribution in [2.24, 2.45) is 11.7 Å². The van der Waals surface area contributed by atoms with Crippen LogP contribution in [-0.4, -0.2) is 51.5 Å². The van der Waals surface area contributed by atoms with Gasteiger partial charge in [-0.25, -0.2) is 0 Å². The highest BCUT2D eigenvalue weighted by Crippen LogP contribution is 2.38. The maximum absolute atomic E-state index is 6.09. The van der Waals surface area contributed by atoms with E-state index in [-0.39, 0.29) is 6.10 Å². The van der Waals surface area contributed by atoms with Gasteiger partial charge in [0, 0.05) is 19.0 Å². The molecule has 0 saturated carbocycles. The highest BCUT2D eigenvalue weighted by molar-refractivity contribution is 5.44. The SMILES string of the molecule is COc1ccc(C2CC(CN)CN2C)cc1OC1CCOC1. The fourth-order valence-electron chi connectivity index (χ4n) is 3.44. The molecule has 3 unspecified atom stereocenters. The van der Waals surface area contributed by atoms with Crippen molar-refractivity contribution in [3.05, 3.63) is 23.8 Å². The smallest absolute Gasteiger partial charge is 0.162 e. The molecule has 3 atom stereocenters. The lowest BCUT2D eigenvalue weighted by atomic mass is 9.99. The van der Waals surface area contributed by atoms with Crippen LogP contribution in [0.3, 0.4) is 0 Å². The normalized spacial score (nSPS) is 29.0. The summed E-state index contributed by atoms with van der Waals surface area (Å²) >= 11 is 0. The summed E-state index contributed by atoms with van der Waals surface area (Å²) in [5.74, 6) is 2.18. The minimum absolute atomic E-state index is 0.127. The van der Waals surface area contributed by atoms with Crippen LogP contribution in [0.4, 0.5) is 0 Å². The van der Waals surface area contributed by atoms with Gasteiger partial charge in [0.1, 0.15) is 6.10 Å². The number of hydrogen-bond acceptors (Lipinski definition) is 5. The molecule has 5 heteroatoms. The lowest BCUT2D eigenvalue weighted by molar-refractivity contribution is 0.138. The molecule has 2 aliphatic heterocycles. The maximum atomic E-state index is 6.09. The van der Waals surface area contributed by atoms with Crippen molar-refractivity contribution in [3.8, 4) is 11.5 Å². The zero-order valence-corrected chi connectivity index (χ0v) is 13.5. The van der Waals surface area contributed by atoms with E-state index in [2.05, 4.69) is 24.1 Å². The molecule has 1 aromatic rings. The second-order valence-electron chi connectivity index (χ2n) is 6.31. The number of ether oxygens (including phenoxy) is 3. The Bertz CT molecular complexity index is 503. The second kappa shape index (κ2) is 6.86. The molecule has 2 saturated heterocycles. The Labute approximate surface area is 132 Å². The Morgan fingerprint density at radius 2 is 2.23 bits per heavy atom. The highest BCUT2D eigenvalue weighted by atomic mass is 16.6. The van der Waals surface area contributed by atoms with E-state index < -0.39 is 0 Å². The summed E-state index contributed by atoms with van der Waals surface area (Å²) in [6, 6.07) is 6.67. The highest BCUT2D eigenvalue weighted by Gasteiger charge is 2.30. The number of methoxy groups -OCH3 is 1. The fourth-order valence-corrected chi connectivity index (χ4v) is 3.44. The molecule has 2 N–H and O–H groups in total. The van der Waals surface area contributed by atoms with Gasteiger partial charge in [-0.05, 0) is 43.6 Å². The van der Waals surface area contributed by atoms with Crippen LogP contribution in [0, 0.1) is 5.92 Å². The van der Waals surface area contributed by atoms with Gasteiger partial charge in [-0.2, -0.15) is 0 Å². The minimum atomic E-state index is 0.127. The topological polar surface area (TPSA) is 57.0 Å². The standard InChI is InChI=1S/C17H26N2O3/c1-19-10-12(9-18)7-15(19)13-3-4-16(20-2)17(8-13)22-14-5-6-21-11-14/h3-4,8,12,14-15H,5-7,9-11,18H2,1-2H3. The van der Waals surface area contributed by atoms with Gasteiger partial charge in [0.2, 0.25) is 0 Å². The number of nitrogens with two attached hydrogens (primary N) is 1. The minimum Gasteiger partial charge on any atom is -0.493 e. The molecule has 2 aliphatic rings. The maximum Gasteiger partial charge on any atom is 0.162 e. The van der Waals surface area contributed by atoms with Crippen molar-refractivity contribution >= 4 is 0 Å². The summed E-state index contributed by atoms with van der Waals surface area (Å²) < 4.78 is 16.9. The largest absolute Gasteiger partial charge is 0.493 e. The molecular weight excluding hydrogens is 280 g/mol. The quantitative estimate of drug-likeness (QED) is 0.899. The molecule has 0 radical (unpaired) electrons. The molecule has 122 valence electrons. The second-order valence-corrected chi connectivity index (χ2v) is 6.31. The predicted molar refractivity (Wildman–Crippen MR) is 85.4 cm³/mol. The van der Waals surface area contributed by atoms with E-state index >= 15 is 0 Å². The van der Waals surface area contributed by atoms with Crippen LogP contribution >= 0.6 is 0 Å². The van der Waals surface area contributed by atoms with Crippen molar-refractivity contribution < 1.29 is 14.2 Å². The predicted octanol–water partition coefficient (Wildman–Crippen LogP) is 1.81. The molecular formula is C17H26N2O3. The summed E-state index contributed by atoms with van der Waals surface area (Å²) in [4.78, 5) is 2.38. The Balaban J connectivity index is 1.80. The van der Waals surface area contributed by atoms with Crippen LogP contribution in [0.1, 0.15) is 24.4 Å². The van der Waals surface area contributed by atoms with Gasteiger partial charge in [-0.15, -0.1) is 0 Å². The third kappa shape index (κ3) is 3.21. The Kier molecular flexibility index (Phi) is 4.86. The van der Waals surface area contributed by atoms with Crippen LogP contribution in [0.25, 0.3) is 0 Å². The number of nitrogens with zero attached hydrogens (tertiary/aromatic N) is 1. The number of rotatable bonds is 5. The Morgan fingerprint density at radius 3 is 2.86 bits per heavy atom. The molecule has 5 nitrogen and oxygen atoms in total. The molecule has 1 aromatic carbocycles. The van der Waals surface area contributed by atoms with Gasteiger partial charge in [-0.3, -0.25) is 4.90 Å². The molecule has 2 fully saturated rings. The van der Waals surface area contributed by atoms with Gasteiger partial charge in [0.15, 0.2) is 11.5 Å². The van der Waals surface area contributed by atoms with Gasteiger partial charge >= 0.3 is 0 Å². The molecule has 0 bridgehead atoms. The molecule has 0 aromatic heterocycles. The molecule has 0 amide bonds. The number of hydrogen-bond donors (Lipinski definition) is 1. The summed E-state index contributed by atoms with van der Waals surface area (Å²) in [6.07, 6.45) is 2.17. The number of likely N-dealkylation sites (tertiary alicyclic amines) is 1. The van der Waals surface area contributed by atoms with Crippen molar-refractivity contribution in [3.63, 3.8) is 0 Å². The van der Waals surface area contributed by atoms with Crippen LogP contribution in [-0.2, 0) is 4.74 Å². The van der Waals surface area contributed by atoms with Gasteiger partial charge in [-0.1, -0.05) is 6.07 Å². The first-order valence-electron chi connectivity index (χ1n) is 8.04. The van der Waals surface area contributed by atoms with E-state index in [0.717, 1.165) is 44.0 Å². The van der Waals surface area contributed by atoms with Gasteiger partial charge in [0.05, 0.1) is 20.3 Å². The van der Waals surface area contributed by atoms with E-state index in [0.29, 0.717) is 18.6 Å². The lowest BCUT2D eigenvalue weighted by Gasteiger charge is -2.22. The van der Waals surface area contributed by atoms with Crippen molar-refractivity contribution in [1.82, 2.24) is 4.90 Å². The average molecular weight is 306 g/mol. The van der Waals surface area contributed by atoms with Crippen LogP contribution < -0.4 is 15.2 Å². The van der Waals surface area contributed by atoms with Crippen LogP contribution in [0.2, 0.25) is 0 Å². The first-order chi connectivity index (χ1) is 10.7. The summed E-state index contributed by atoms with van der Waals surface area (Å²) in [5, 5.41) is 0. The Hall–Kier alpha value is -1.30. The van der Waals surface area contributed by atoms with Crippen LogP contribution in [0.5, 0.6) is 11.5 Å². The fraction of sp³-hybridized carbons (Fsp3) is 0.647. The van der Waals surface area contributed by atoms with E-state index in [1.54, 1.807) is 7.11 Å². The van der Waals surface area contributed by atoms with E-state index in [1.165, 1.54) is 5.56 Å². The Morgan fingerprint density at radius 1 is 1.36 bits per heavy atom. The van der Waals surface area contributed by atoms with Crippen molar-refractivity contribution in [1.29, 1.82) is 0 Å². The summed E-state index contributed by atoms with van der Waals surface area (Å²) in [6.45, 7) is 3.24. The van der Waals surface area contributed by atoms with E-state index in [9.17, 15) is 0 Å². The van der Waals surface area contributed by atoms with Gasteiger partial charge in [0.25, 0.3) is 0 Å². The van der Waals surface area contributed by atoms with E-state index in [4.69, 9.17) is 19.9 Å². The number of benzene rings is 1. The molecule has 3 rings (SSSR count). The zero-order chi connectivity index (χ0) is 15.5. The first-order valence-corrected chi connectivity index (χ1v) is 8.04. The summed E-state index contributed by atoms with van der Waals surface area (Å²) in [5.41, 5.74) is 7.11. The zero-order valence-electron chi connectivity index (χ0n) is 13.5. The lowest BCUT2D eigenvalue weighted by Crippen LogP contribution is -2.21. The summed E-state index contributed by atoms with van der Waals surface area (Å²) in [7, 11) is 3.84. The van der Waals surface area contributed by atoms with Crippen molar-refractivity contribution in [2.45, 2.75) is 25.0 Å². The average Bonchev–Trinajstić information content (AvgIpc) is 3.16.